The molecule has 0 saturated heterocycles. The number of rotatable bonds is 14. The van der Waals surface area contributed by atoms with Crippen molar-refractivity contribution in [2.45, 2.75) is 164 Å². The normalized spacial score (nSPS) is 19.1. The van der Waals surface area contributed by atoms with Gasteiger partial charge in [-0.25, -0.2) is 0 Å². The molecule has 228 valence electrons. The average Bonchev–Trinajstić information content (AvgIpc) is 3.46. The van der Waals surface area contributed by atoms with Gasteiger partial charge in [0.05, 0.1) is 9.75 Å². The molecule has 0 saturated carbocycles. The zero-order valence-corrected chi connectivity index (χ0v) is 29.9. The fourth-order valence-corrected chi connectivity index (χ4v) is 8.60. The van der Waals surface area contributed by atoms with Gasteiger partial charge < -0.3 is 4.74 Å². The van der Waals surface area contributed by atoms with Gasteiger partial charge in [0, 0.05) is 15.3 Å². The Morgan fingerprint density at radius 2 is 1.07 bits per heavy atom. The van der Waals surface area contributed by atoms with Crippen LogP contribution in [0.25, 0.3) is 9.75 Å². The maximum absolute atomic E-state index is 7.35. The van der Waals surface area contributed by atoms with E-state index in [2.05, 4.69) is 95.2 Å². The quantitative estimate of drug-likeness (QED) is 0.214. The lowest BCUT2D eigenvalue weighted by Gasteiger charge is -2.39. The molecule has 0 aliphatic carbocycles. The van der Waals surface area contributed by atoms with E-state index >= 15 is 0 Å². The van der Waals surface area contributed by atoms with Crippen LogP contribution in [-0.2, 0) is 16.4 Å². The summed E-state index contributed by atoms with van der Waals surface area (Å²) >= 11 is 4.02. The minimum atomic E-state index is -0.211. The minimum absolute atomic E-state index is 0.133. The van der Waals surface area contributed by atoms with Crippen molar-refractivity contribution < 1.29 is 4.74 Å². The molecule has 3 rings (SSSR count). The lowest BCUT2D eigenvalue weighted by atomic mass is 9.78. The molecule has 3 heterocycles. The highest BCUT2D eigenvalue weighted by atomic mass is 32.1. The molecular formula is C37H62OS2. The van der Waals surface area contributed by atoms with Crippen molar-refractivity contribution in [1.82, 2.24) is 0 Å². The van der Waals surface area contributed by atoms with Gasteiger partial charge >= 0.3 is 0 Å². The number of hydrogen-bond donors (Lipinski definition) is 0. The van der Waals surface area contributed by atoms with Crippen LogP contribution in [0.15, 0.2) is 12.1 Å². The van der Waals surface area contributed by atoms with Crippen LogP contribution >= 0.6 is 22.7 Å². The third-order valence-corrected chi connectivity index (χ3v) is 12.2. The van der Waals surface area contributed by atoms with Crippen molar-refractivity contribution in [3.05, 3.63) is 27.5 Å². The van der Waals surface area contributed by atoms with E-state index in [1.165, 1.54) is 76.4 Å². The smallest absolute Gasteiger partial charge is 0.140 e. The largest absolute Gasteiger partial charge is 0.481 e. The van der Waals surface area contributed by atoms with Gasteiger partial charge in [-0.1, -0.05) is 122 Å². The Bertz CT molecular complexity index is 1030. The SMILES string of the molecule is CC(C)CCCC(C)CCC1(CCC(C)CCCC(C)C)Oc2cc(C(C)(C)C)sc2-c2sc(C(C)(C)C)cc21. The molecule has 1 aliphatic rings. The molecule has 0 fully saturated rings. The molecule has 1 aliphatic heterocycles. The van der Waals surface area contributed by atoms with E-state index in [0.717, 1.165) is 42.3 Å². The molecule has 0 bridgehead atoms. The molecule has 2 unspecified atom stereocenters. The van der Waals surface area contributed by atoms with Crippen LogP contribution in [0.3, 0.4) is 0 Å². The monoisotopic (exact) mass is 586 g/mol. The molecule has 0 aromatic carbocycles. The predicted molar refractivity (Wildman–Crippen MR) is 182 cm³/mol. The third kappa shape index (κ3) is 8.85. The van der Waals surface area contributed by atoms with Crippen LogP contribution in [-0.4, -0.2) is 0 Å². The summed E-state index contributed by atoms with van der Waals surface area (Å²) in [5, 5.41) is 0. The maximum atomic E-state index is 7.35. The predicted octanol–water partition coefficient (Wildman–Crippen LogP) is 13.1. The van der Waals surface area contributed by atoms with Crippen LogP contribution in [0.5, 0.6) is 5.75 Å². The second-order valence-corrected chi connectivity index (χ2v) is 18.3. The molecule has 3 heteroatoms. The van der Waals surface area contributed by atoms with E-state index in [1.54, 1.807) is 0 Å². The van der Waals surface area contributed by atoms with Gasteiger partial charge in [-0.05, 0) is 72.3 Å². The summed E-state index contributed by atoms with van der Waals surface area (Å²) in [6.45, 7) is 28.5. The van der Waals surface area contributed by atoms with Crippen LogP contribution < -0.4 is 4.74 Å². The van der Waals surface area contributed by atoms with Crippen molar-refractivity contribution in [1.29, 1.82) is 0 Å². The van der Waals surface area contributed by atoms with E-state index in [0.29, 0.717) is 0 Å². The van der Waals surface area contributed by atoms with Gasteiger partial charge in [0.2, 0.25) is 0 Å². The van der Waals surface area contributed by atoms with Crippen molar-refractivity contribution >= 4 is 22.7 Å². The van der Waals surface area contributed by atoms with E-state index in [-0.39, 0.29) is 16.4 Å². The fourth-order valence-electron chi connectivity index (χ4n) is 6.00. The first-order valence-corrected chi connectivity index (χ1v) is 18.1. The first-order chi connectivity index (χ1) is 18.5. The number of fused-ring (bicyclic) bond motifs is 3. The highest BCUT2D eigenvalue weighted by Crippen LogP contribution is 2.58. The Kier molecular flexibility index (Phi) is 11.5. The van der Waals surface area contributed by atoms with Crippen molar-refractivity contribution in [3.8, 4) is 15.5 Å². The van der Waals surface area contributed by atoms with E-state index in [1.807, 2.05) is 22.7 Å². The summed E-state index contributed by atoms with van der Waals surface area (Å²) in [5.74, 6) is 4.23. The summed E-state index contributed by atoms with van der Waals surface area (Å²) in [5.41, 5.74) is 1.57. The molecule has 2 aromatic heterocycles. The fraction of sp³-hybridized carbons (Fsp3) is 0.784. The van der Waals surface area contributed by atoms with Gasteiger partial charge in [0.15, 0.2) is 0 Å². The number of thiophene rings is 2. The zero-order chi connectivity index (χ0) is 29.9. The second kappa shape index (κ2) is 13.7. The Morgan fingerprint density at radius 1 is 0.625 bits per heavy atom. The van der Waals surface area contributed by atoms with E-state index < -0.39 is 0 Å². The van der Waals surface area contributed by atoms with E-state index in [9.17, 15) is 0 Å². The molecule has 0 amide bonds. The first kappa shape index (κ1) is 33.7. The minimum Gasteiger partial charge on any atom is -0.481 e. The lowest BCUT2D eigenvalue weighted by Crippen LogP contribution is -2.36. The Balaban J connectivity index is 1.97. The Morgan fingerprint density at radius 3 is 1.52 bits per heavy atom. The van der Waals surface area contributed by atoms with Gasteiger partial charge in [0.1, 0.15) is 11.4 Å². The average molecular weight is 587 g/mol. The molecule has 0 radical (unpaired) electrons. The number of ether oxygens (including phenoxy) is 1. The lowest BCUT2D eigenvalue weighted by molar-refractivity contribution is 0.0322. The van der Waals surface area contributed by atoms with Crippen LogP contribution in [0, 0.1) is 23.7 Å². The van der Waals surface area contributed by atoms with Gasteiger partial charge in [-0.2, -0.15) is 0 Å². The van der Waals surface area contributed by atoms with Crippen LogP contribution in [0.1, 0.15) is 163 Å². The van der Waals surface area contributed by atoms with Gasteiger partial charge in [-0.15, -0.1) is 22.7 Å². The van der Waals surface area contributed by atoms with Crippen molar-refractivity contribution in [2.75, 3.05) is 0 Å². The molecule has 0 N–H and O–H groups in total. The highest BCUT2D eigenvalue weighted by Gasteiger charge is 2.44. The van der Waals surface area contributed by atoms with Crippen LogP contribution in [0.4, 0.5) is 0 Å². The standard InChI is InChI=1S/C37H62OS2/c1-25(2)15-13-17-27(5)19-21-37(22-20-28(6)18-14-16-26(3)4)29-23-31(35(7,8)9)39-33(29)34-30(38-37)24-32(40-34)36(10,11)12/h23-28H,13-22H2,1-12H3. The molecule has 0 spiro atoms. The Labute approximate surface area is 256 Å². The number of hydrogen-bond acceptors (Lipinski definition) is 3. The Hall–Kier alpha value is -0.800. The van der Waals surface area contributed by atoms with Crippen molar-refractivity contribution in [3.63, 3.8) is 0 Å². The van der Waals surface area contributed by atoms with Gasteiger partial charge in [0.25, 0.3) is 0 Å². The highest BCUT2D eigenvalue weighted by molar-refractivity contribution is 7.22. The molecular weight excluding hydrogens is 525 g/mol. The second-order valence-electron chi connectivity index (χ2n) is 16.2. The molecule has 2 aromatic rings. The summed E-state index contributed by atoms with van der Waals surface area (Å²) < 4.78 is 7.35. The topological polar surface area (TPSA) is 9.23 Å². The van der Waals surface area contributed by atoms with Crippen LogP contribution in [0.2, 0.25) is 0 Å². The summed E-state index contributed by atoms with van der Waals surface area (Å²) in [6, 6.07) is 4.96. The molecule has 40 heavy (non-hydrogen) atoms. The van der Waals surface area contributed by atoms with Crippen molar-refractivity contribution in [2.24, 2.45) is 23.7 Å². The molecule has 1 nitrogen and oxygen atoms in total. The summed E-state index contributed by atoms with van der Waals surface area (Å²) in [6.07, 6.45) is 12.8. The maximum Gasteiger partial charge on any atom is 0.140 e. The first-order valence-electron chi connectivity index (χ1n) is 16.5. The summed E-state index contributed by atoms with van der Waals surface area (Å²) in [4.78, 5) is 5.82. The zero-order valence-electron chi connectivity index (χ0n) is 28.3. The molecule has 2 atom stereocenters. The van der Waals surface area contributed by atoms with Gasteiger partial charge in [-0.3, -0.25) is 0 Å². The third-order valence-electron chi connectivity index (χ3n) is 8.95. The summed E-state index contributed by atoms with van der Waals surface area (Å²) in [7, 11) is 0. The van der Waals surface area contributed by atoms with E-state index in [4.69, 9.17) is 4.74 Å².